The van der Waals surface area contributed by atoms with Crippen molar-refractivity contribution in [3.8, 4) is 11.1 Å². The van der Waals surface area contributed by atoms with Gasteiger partial charge in [0.15, 0.2) is 0 Å². The maximum Gasteiger partial charge on any atom is 0.407 e. The summed E-state index contributed by atoms with van der Waals surface area (Å²) in [4.78, 5) is 38.1. The van der Waals surface area contributed by atoms with Gasteiger partial charge in [-0.2, -0.15) is 0 Å². The Balaban J connectivity index is 1.31. The van der Waals surface area contributed by atoms with Crippen molar-refractivity contribution < 1.29 is 19.1 Å². The zero-order valence-electron chi connectivity index (χ0n) is 19.4. The highest BCUT2D eigenvalue weighted by Crippen LogP contribution is 2.44. The van der Waals surface area contributed by atoms with Crippen molar-refractivity contribution in [2.45, 2.75) is 30.8 Å². The van der Waals surface area contributed by atoms with Crippen LogP contribution in [0.25, 0.3) is 11.1 Å². The van der Waals surface area contributed by atoms with E-state index in [0.717, 1.165) is 33.4 Å². The van der Waals surface area contributed by atoms with Gasteiger partial charge in [-0.15, -0.1) is 0 Å². The predicted octanol–water partition coefficient (Wildman–Crippen LogP) is 2.92. The highest BCUT2D eigenvalue weighted by molar-refractivity contribution is 5.92. The second kappa shape index (κ2) is 9.62. The number of benzene rings is 3. The molecule has 1 aliphatic heterocycles. The SMILES string of the molecule is CNC(=O)[C@@H]1Cc2ccccc2C[C@H](NC(=O)OCC2c3ccccc3-c3ccccc32)C(=O)N1. The predicted molar refractivity (Wildman–Crippen MR) is 132 cm³/mol. The molecule has 7 heteroatoms. The summed E-state index contributed by atoms with van der Waals surface area (Å²) in [6.07, 6.45) is 0.0351. The Bertz CT molecular complexity index is 1240. The molecule has 3 aromatic carbocycles. The van der Waals surface area contributed by atoms with Crippen molar-refractivity contribution in [3.63, 3.8) is 0 Å². The number of rotatable bonds is 4. The van der Waals surface area contributed by atoms with Crippen molar-refractivity contribution in [2.75, 3.05) is 13.7 Å². The third-order valence-corrected chi connectivity index (χ3v) is 6.80. The van der Waals surface area contributed by atoms with Crippen LogP contribution >= 0.6 is 0 Å². The first kappa shape index (κ1) is 22.7. The summed E-state index contributed by atoms with van der Waals surface area (Å²) in [5, 5.41) is 8.08. The Kier molecular flexibility index (Phi) is 6.23. The molecule has 0 unspecified atom stereocenters. The van der Waals surface area contributed by atoms with E-state index in [2.05, 4.69) is 40.2 Å². The van der Waals surface area contributed by atoms with Gasteiger partial charge in [0.25, 0.3) is 0 Å². The lowest BCUT2D eigenvalue weighted by molar-refractivity contribution is -0.129. The average molecular weight is 470 g/mol. The van der Waals surface area contributed by atoms with Gasteiger partial charge in [-0.3, -0.25) is 9.59 Å². The van der Waals surface area contributed by atoms with Crippen molar-refractivity contribution >= 4 is 17.9 Å². The molecule has 5 rings (SSSR count). The summed E-state index contributed by atoms with van der Waals surface area (Å²) in [5.41, 5.74) is 6.41. The van der Waals surface area contributed by atoms with Crippen LogP contribution in [0.3, 0.4) is 0 Å². The van der Waals surface area contributed by atoms with E-state index in [1.165, 1.54) is 7.05 Å². The number of hydrogen-bond donors (Lipinski definition) is 3. The van der Waals surface area contributed by atoms with Crippen molar-refractivity contribution in [1.82, 2.24) is 16.0 Å². The molecule has 35 heavy (non-hydrogen) atoms. The number of ether oxygens (including phenoxy) is 1. The van der Waals surface area contributed by atoms with Gasteiger partial charge >= 0.3 is 6.09 Å². The van der Waals surface area contributed by atoms with Crippen LogP contribution in [-0.2, 0) is 27.2 Å². The molecule has 1 aliphatic carbocycles. The second-order valence-electron chi connectivity index (χ2n) is 8.87. The van der Waals surface area contributed by atoms with Gasteiger partial charge in [0.2, 0.25) is 11.8 Å². The van der Waals surface area contributed by atoms with Crippen LogP contribution < -0.4 is 16.0 Å². The summed E-state index contributed by atoms with van der Waals surface area (Å²) in [7, 11) is 1.53. The van der Waals surface area contributed by atoms with E-state index in [4.69, 9.17) is 4.74 Å². The molecule has 2 atom stereocenters. The lowest BCUT2D eigenvalue weighted by atomic mass is 9.92. The molecule has 3 N–H and O–H groups in total. The molecule has 0 bridgehead atoms. The van der Waals surface area contributed by atoms with E-state index in [0.29, 0.717) is 12.8 Å². The molecular weight excluding hydrogens is 442 g/mol. The number of carbonyl (C=O) groups excluding carboxylic acids is 3. The zero-order chi connectivity index (χ0) is 24.4. The number of alkyl carbamates (subject to hydrolysis) is 1. The average Bonchev–Trinajstić information content (AvgIpc) is 3.20. The van der Waals surface area contributed by atoms with E-state index in [9.17, 15) is 14.4 Å². The molecule has 2 aliphatic rings. The number of hydrogen-bond acceptors (Lipinski definition) is 4. The quantitative estimate of drug-likeness (QED) is 0.548. The van der Waals surface area contributed by atoms with Crippen LogP contribution in [-0.4, -0.2) is 43.6 Å². The standard InChI is InChI=1S/C28H27N3O4/c1-29-26(32)24-14-17-8-2-3-9-18(17)15-25(27(33)30-24)31-28(34)35-16-23-21-12-6-4-10-19(21)20-11-5-7-13-22(20)23/h2-13,23-25H,14-16H2,1H3,(H,29,32)(H,30,33)(H,31,34)/t24-,25-/m0/s1. The minimum atomic E-state index is -0.862. The Morgan fingerprint density at radius 3 is 2.09 bits per heavy atom. The summed E-state index contributed by atoms with van der Waals surface area (Å²) in [6, 6.07) is 22.3. The van der Waals surface area contributed by atoms with E-state index in [1.807, 2.05) is 48.5 Å². The van der Waals surface area contributed by atoms with Gasteiger partial charge in [0, 0.05) is 25.8 Å². The van der Waals surface area contributed by atoms with Crippen LogP contribution in [0, 0.1) is 0 Å². The van der Waals surface area contributed by atoms with E-state index in [-0.39, 0.29) is 18.4 Å². The molecule has 0 aromatic heterocycles. The Labute approximate surface area is 203 Å². The van der Waals surface area contributed by atoms with Gasteiger partial charge in [-0.1, -0.05) is 72.8 Å². The van der Waals surface area contributed by atoms with Crippen molar-refractivity contribution in [1.29, 1.82) is 0 Å². The van der Waals surface area contributed by atoms with Gasteiger partial charge in [0.1, 0.15) is 18.7 Å². The summed E-state index contributed by atoms with van der Waals surface area (Å²) < 4.78 is 5.64. The van der Waals surface area contributed by atoms with Crippen molar-refractivity contribution in [3.05, 3.63) is 95.1 Å². The summed E-state index contributed by atoms with van der Waals surface area (Å²) in [6.45, 7) is 0.158. The van der Waals surface area contributed by atoms with Crippen LogP contribution in [0.2, 0.25) is 0 Å². The lowest BCUT2D eigenvalue weighted by Gasteiger charge is -2.27. The van der Waals surface area contributed by atoms with E-state index >= 15 is 0 Å². The monoisotopic (exact) mass is 469 g/mol. The summed E-state index contributed by atoms with van der Waals surface area (Å²) >= 11 is 0. The van der Waals surface area contributed by atoms with Crippen LogP contribution in [0.15, 0.2) is 72.8 Å². The molecule has 0 fully saturated rings. The number of likely N-dealkylation sites (N-methyl/N-ethyl adjacent to an activating group) is 1. The Hall–Kier alpha value is -4.13. The highest BCUT2D eigenvalue weighted by atomic mass is 16.5. The minimum Gasteiger partial charge on any atom is -0.449 e. The molecule has 0 saturated carbocycles. The molecule has 178 valence electrons. The molecule has 0 saturated heterocycles. The number of fused-ring (bicyclic) bond motifs is 4. The maximum atomic E-state index is 13.0. The molecule has 0 radical (unpaired) electrons. The van der Waals surface area contributed by atoms with Crippen LogP contribution in [0.5, 0.6) is 0 Å². The fourth-order valence-electron chi connectivity index (χ4n) is 5.04. The van der Waals surface area contributed by atoms with Crippen LogP contribution in [0.4, 0.5) is 4.79 Å². The lowest BCUT2D eigenvalue weighted by Crippen LogP contribution is -2.56. The third-order valence-electron chi connectivity index (χ3n) is 6.80. The second-order valence-corrected chi connectivity index (χ2v) is 8.87. The van der Waals surface area contributed by atoms with Gasteiger partial charge in [-0.05, 0) is 33.4 Å². The molecule has 3 amide bonds. The number of amides is 3. The smallest absolute Gasteiger partial charge is 0.407 e. The first-order chi connectivity index (χ1) is 17.0. The van der Waals surface area contributed by atoms with Gasteiger partial charge < -0.3 is 20.7 Å². The normalized spacial score (nSPS) is 18.7. The van der Waals surface area contributed by atoms with Gasteiger partial charge in [0.05, 0.1) is 0 Å². The van der Waals surface area contributed by atoms with Crippen LogP contribution in [0.1, 0.15) is 28.2 Å². The molecule has 3 aromatic rings. The topological polar surface area (TPSA) is 96.5 Å². The highest BCUT2D eigenvalue weighted by Gasteiger charge is 2.32. The number of nitrogens with one attached hydrogen (secondary N) is 3. The molecular formula is C28H27N3O4. The van der Waals surface area contributed by atoms with Gasteiger partial charge in [-0.25, -0.2) is 4.79 Å². The number of carbonyl (C=O) groups is 3. The fraction of sp³-hybridized carbons (Fsp3) is 0.250. The largest absolute Gasteiger partial charge is 0.449 e. The molecule has 1 heterocycles. The third kappa shape index (κ3) is 4.49. The maximum absolute atomic E-state index is 13.0. The van der Waals surface area contributed by atoms with E-state index in [1.54, 1.807) is 0 Å². The van der Waals surface area contributed by atoms with E-state index < -0.39 is 24.1 Å². The van der Waals surface area contributed by atoms with Crippen molar-refractivity contribution in [2.24, 2.45) is 0 Å². The zero-order valence-corrected chi connectivity index (χ0v) is 19.4. The Morgan fingerprint density at radius 1 is 0.886 bits per heavy atom. The summed E-state index contributed by atoms with van der Waals surface area (Å²) in [5.74, 6) is -0.769. The minimum absolute atomic E-state index is 0.0716. The molecule has 7 nitrogen and oxygen atoms in total. The first-order valence-corrected chi connectivity index (χ1v) is 11.8. The fourth-order valence-corrected chi connectivity index (χ4v) is 5.04. The molecule has 0 spiro atoms. The Morgan fingerprint density at radius 2 is 1.46 bits per heavy atom. The first-order valence-electron chi connectivity index (χ1n) is 11.8.